The van der Waals surface area contributed by atoms with Gasteiger partial charge in [0.05, 0.1) is 6.26 Å². The third kappa shape index (κ3) is 4.67. The zero-order chi connectivity index (χ0) is 22.7. The maximum atomic E-state index is 13.3. The number of hydrogen-bond acceptors (Lipinski definition) is 9. The SMILES string of the molecule is CCCCN1CCN(C(=O)C(Nc2nc(N)n3nc(-c4ccco4)nc3n2)C(C)C)CC1. The zero-order valence-electron chi connectivity index (χ0n) is 18.9. The third-order valence-electron chi connectivity index (χ3n) is 5.70. The van der Waals surface area contributed by atoms with Crippen LogP contribution in [0, 0.1) is 5.92 Å². The summed E-state index contributed by atoms with van der Waals surface area (Å²) in [4.78, 5) is 30.7. The predicted molar refractivity (Wildman–Crippen MR) is 121 cm³/mol. The number of nitrogens with zero attached hydrogens (tertiary/aromatic N) is 7. The lowest BCUT2D eigenvalue weighted by molar-refractivity contribution is -0.134. The minimum Gasteiger partial charge on any atom is -0.461 e. The van der Waals surface area contributed by atoms with Gasteiger partial charge in [-0.3, -0.25) is 9.69 Å². The Balaban J connectivity index is 1.48. The molecule has 4 heterocycles. The van der Waals surface area contributed by atoms with Crippen molar-refractivity contribution in [1.82, 2.24) is 34.4 Å². The van der Waals surface area contributed by atoms with Crippen LogP contribution in [-0.4, -0.2) is 79.0 Å². The molecule has 0 aromatic carbocycles. The molecule has 1 unspecified atom stereocenters. The summed E-state index contributed by atoms with van der Waals surface area (Å²) >= 11 is 0. The average molecular weight is 442 g/mol. The number of piperazine rings is 1. The van der Waals surface area contributed by atoms with Gasteiger partial charge in [0, 0.05) is 26.2 Å². The molecular weight excluding hydrogens is 410 g/mol. The van der Waals surface area contributed by atoms with Crippen molar-refractivity contribution in [2.45, 2.75) is 39.7 Å². The molecule has 11 nitrogen and oxygen atoms in total. The Labute approximate surface area is 187 Å². The fourth-order valence-electron chi connectivity index (χ4n) is 3.80. The smallest absolute Gasteiger partial charge is 0.259 e. The number of amides is 1. The van der Waals surface area contributed by atoms with E-state index < -0.39 is 6.04 Å². The number of nitrogen functional groups attached to an aromatic ring is 1. The van der Waals surface area contributed by atoms with E-state index in [0.29, 0.717) is 11.6 Å². The lowest BCUT2D eigenvalue weighted by Crippen LogP contribution is -2.54. The molecule has 1 amide bonds. The van der Waals surface area contributed by atoms with Gasteiger partial charge in [-0.15, -0.1) is 5.10 Å². The molecule has 172 valence electrons. The second-order valence-electron chi connectivity index (χ2n) is 8.42. The first-order valence-electron chi connectivity index (χ1n) is 11.2. The van der Waals surface area contributed by atoms with Gasteiger partial charge in [-0.05, 0) is 31.0 Å². The van der Waals surface area contributed by atoms with Crippen molar-refractivity contribution in [2.75, 3.05) is 43.8 Å². The first-order valence-corrected chi connectivity index (χ1v) is 11.2. The van der Waals surface area contributed by atoms with Crippen molar-refractivity contribution in [1.29, 1.82) is 0 Å². The van der Waals surface area contributed by atoms with Crippen LogP contribution in [0.5, 0.6) is 0 Å². The third-order valence-corrected chi connectivity index (χ3v) is 5.70. The van der Waals surface area contributed by atoms with Crippen LogP contribution in [0.4, 0.5) is 11.9 Å². The molecule has 0 aliphatic carbocycles. The number of rotatable bonds is 8. The molecule has 0 spiro atoms. The topological polar surface area (TPSA) is 131 Å². The van der Waals surface area contributed by atoms with Gasteiger partial charge in [0.25, 0.3) is 5.78 Å². The van der Waals surface area contributed by atoms with Crippen LogP contribution in [0.15, 0.2) is 22.8 Å². The molecule has 32 heavy (non-hydrogen) atoms. The Morgan fingerprint density at radius 2 is 2.00 bits per heavy atom. The van der Waals surface area contributed by atoms with E-state index in [1.807, 2.05) is 18.7 Å². The summed E-state index contributed by atoms with van der Waals surface area (Å²) in [5.41, 5.74) is 6.09. The Morgan fingerprint density at radius 3 is 2.66 bits per heavy atom. The minimum atomic E-state index is -0.466. The van der Waals surface area contributed by atoms with Crippen LogP contribution in [0.2, 0.25) is 0 Å². The number of carbonyl (C=O) groups is 1. The highest BCUT2D eigenvalue weighted by atomic mass is 16.3. The maximum Gasteiger partial charge on any atom is 0.259 e. The Hall–Kier alpha value is -3.21. The van der Waals surface area contributed by atoms with E-state index >= 15 is 0 Å². The van der Waals surface area contributed by atoms with Gasteiger partial charge >= 0.3 is 0 Å². The number of unbranched alkanes of at least 4 members (excludes halogenated alkanes) is 1. The van der Waals surface area contributed by atoms with Crippen molar-refractivity contribution in [3.63, 3.8) is 0 Å². The number of hydrogen-bond donors (Lipinski definition) is 2. The first kappa shape index (κ1) is 22.0. The van der Waals surface area contributed by atoms with Gasteiger partial charge in [0.2, 0.25) is 23.6 Å². The summed E-state index contributed by atoms with van der Waals surface area (Å²) in [7, 11) is 0. The number of fused-ring (bicyclic) bond motifs is 1. The Bertz CT molecular complexity index is 1040. The maximum absolute atomic E-state index is 13.3. The number of carbonyl (C=O) groups excluding carboxylic acids is 1. The average Bonchev–Trinajstić information content (AvgIpc) is 3.46. The fourth-order valence-corrected chi connectivity index (χ4v) is 3.80. The van der Waals surface area contributed by atoms with Crippen molar-refractivity contribution in [3.8, 4) is 11.6 Å². The molecule has 11 heteroatoms. The molecular formula is C21H31N9O2. The van der Waals surface area contributed by atoms with Crippen molar-refractivity contribution in [2.24, 2.45) is 5.92 Å². The highest BCUT2D eigenvalue weighted by molar-refractivity contribution is 5.84. The normalized spacial score (nSPS) is 16.1. The number of furan rings is 1. The van der Waals surface area contributed by atoms with E-state index in [9.17, 15) is 4.79 Å². The van der Waals surface area contributed by atoms with Crippen LogP contribution in [0.3, 0.4) is 0 Å². The van der Waals surface area contributed by atoms with Gasteiger partial charge in [0.15, 0.2) is 5.76 Å². The number of anilines is 2. The predicted octanol–water partition coefficient (Wildman–Crippen LogP) is 1.74. The summed E-state index contributed by atoms with van der Waals surface area (Å²) < 4.78 is 6.70. The van der Waals surface area contributed by atoms with E-state index in [2.05, 4.69) is 37.2 Å². The van der Waals surface area contributed by atoms with Gasteiger partial charge in [-0.25, -0.2) is 0 Å². The first-order chi connectivity index (χ1) is 15.5. The molecule has 1 fully saturated rings. The lowest BCUT2D eigenvalue weighted by atomic mass is 10.0. The van der Waals surface area contributed by atoms with Crippen LogP contribution in [0.1, 0.15) is 33.6 Å². The van der Waals surface area contributed by atoms with Crippen LogP contribution >= 0.6 is 0 Å². The highest BCUT2D eigenvalue weighted by Crippen LogP contribution is 2.19. The fraction of sp³-hybridized carbons (Fsp3) is 0.571. The van der Waals surface area contributed by atoms with Crippen LogP contribution in [0.25, 0.3) is 17.4 Å². The number of aromatic nitrogens is 5. The molecule has 3 aromatic rings. The van der Waals surface area contributed by atoms with Crippen molar-refractivity contribution in [3.05, 3.63) is 18.4 Å². The quantitative estimate of drug-likeness (QED) is 0.536. The van der Waals surface area contributed by atoms with Gasteiger partial charge in [-0.2, -0.15) is 19.5 Å². The highest BCUT2D eigenvalue weighted by Gasteiger charge is 2.30. The van der Waals surface area contributed by atoms with Gasteiger partial charge in [0.1, 0.15) is 6.04 Å². The molecule has 1 atom stereocenters. The van der Waals surface area contributed by atoms with E-state index in [4.69, 9.17) is 10.2 Å². The molecule has 1 saturated heterocycles. The molecule has 0 saturated carbocycles. The summed E-state index contributed by atoms with van der Waals surface area (Å²) in [5.74, 6) is 1.63. The standard InChI is InChI=1S/C21H31N9O2/c1-4-5-8-28-9-11-29(12-10-28)18(31)16(14(2)3)23-20-25-19(22)30-21(26-20)24-17(27-30)15-7-6-13-32-15/h6-7,13-14,16H,4-5,8-12H2,1-3H3,(H3,22,23,24,25,26,27). The Kier molecular flexibility index (Phi) is 6.54. The van der Waals surface area contributed by atoms with Crippen molar-refractivity contribution >= 4 is 23.6 Å². The second-order valence-corrected chi connectivity index (χ2v) is 8.42. The monoisotopic (exact) mass is 441 g/mol. The summed E-state index contributed by atoms with van der Waals surface area (Å²) in [6, 6.07) is 3.05. The minimum absolute atomic E-state index is 0.0400. The van der Waals surface area contributed by atoms with Crippen molar-refractivity contribution < 1.29 is 9.21 Å². The van der Waals surface area contributed by atoms with Gasteiger partial charge in [-0.1, -0.05) is 27.2 Å². The number of nitrogens with two attached hydrogens (primary N) is 1. The zero-order valence-corrected chi connectivity index (χ0v) is 18.9. The molecule has 1 aliphatic heterocycles. The van der Waals surface area contributed by atoms with Crippen LogP contribution < -0.4 is 11.1 Å². The molecule has 3 aromatic heterocycles. The summed E-state index contributed by atoms with van der Waals surface area (Å²) in [6.07, 6.45) is 3.92. The molecule has 3 N–H and O–H groups in total. The lowest BCUT2D eigenvalue weighted by Gasteiger charge is -2.37. The van der Waals surface area contributed by atoms with Crippen LogP contribution in [-0.2, 0) is 4.79 Å². The van der Waals surface area contributed by atoms with E-state index in [-0.39, 0.29) is 29.5 Å². The molecule has 1 aliphatic rings. The van der Waals surface area contributed by atoms with Gasteiger partial charge < -0.3 is 20.4 Å². The second kappa shape index (κ2) is 9.51. The molecule has 0 radical (unpaired) electrons. The van der Waals surface area contributed by atoms with E-state index in [1.54, 1.807) is 18.4 Å². The summed E-state index contributed by atoms with van der Waals surface area (Å²) in [5, 5.41) is 7.49. The molecule has 4 rings (SSSR count). The van der Waals surface area contributed by atoms with E-state index in [1.165, 1.54) is 17.4 Å². The number of nitrogens with one attached hydrogen (secondary N) is 1. The summed E-state index contributed by atoms with van der Waals surface area (Å²) in [6.45, 7) is 10.6. The van der Waals surface area contributed by atoms with E-state index in [0.717, 1.165) is 32.7 Å². The Morgan fingerprint density at radius 1 is 1.22 bits per heavy atom. The largest absolute Gasteiger partial charge is 0.461 e. The molecule has 0 bridgehead atoms.